The molecule has 0 spiro atoms. The maximum atomic E-state index is 12.6. The van der Waals surface area contributed by atoms with Crippen LogP contribution < -0.4 is 15.8 Å². The van der Waals surface area contributed by atoms with Crippen LogP contribution in [-0.2, 0) is 0 Å². The highest BCUT2D eigenvalue weighted by Crippen LogP contribution is 2.32. The average Bonchev–Trinajstić information content (AvgIpc) is 3.21. The first-order chi connectivity index (χ1) is 11.6. The summed E-state index contributed by atoms with van der Waals surface area (Å²) in [4.78, 5) is 14.5. The fourth-order valence-electron chi connectivity index (χ4n) is 3.40. The molecule has 1 fully saturated rings. The Labute approximate surface area is 159 Å². The van der Waals surface area contributed by atoms with Gasteiger partial charge in [0, 0.05) is 10.9 Å². The summed E-state index contributed by atoms with van der Waals surface area (Å²) in [6, 6.07) is 10.1. The molecule has 1 aliphatic carbocycles. The number of halogens is 1. The van der Waals surface area contributed by atoms with Gasteiger partial charge in [0.05, 0.1) is 12.0 Å². The highest BCUT2D eigenvalue weighted by molar-refractivity contribution is 7.14. The Hall–Kier alpha value is -1.56. The molecule has 1 aromatic heterocycles. The molecule has 3 N–H and O–H groups in total. The van der Waals surface area contributed by atoms with Gasteiger partial charge in [-0.15, -0.1) is 23.7 Å². The van der Waals surface area contributed by atoms with Crippen molar-refractivity contribution in [1.82, 2.24) is 5.32 Å². The average molecular weight is 381 g/mol. The maximum absolute atomic E-state index is 12.6. The normalized spacial score (nSPS) is 19.3. The van der Waals surface area contributed by atoms with Crippen molar-refractivity contribution in [2.24, 2.45) is 11.7 Å². The molecule has 3 rings (SSSR count). The summed E-state index contributed by atoms with van der Waals surface area (Å²) in [5.74, 6) is 1.27. The number of benzene rings is 1. The van der Waals surface area contributed by atoms with Crippen LogP contribution in [0.25, 0.3) is 11.1 Å². The van der Waals surface area contributed by atoms with Crippen molar-refractivity contribution >= 4 is 29.7 Å². The van der Waals surface area contributed by atoms with Crippen molar-refractivity contribution in [1.29, 1.82) is 0 Å². The first kappa shape index (κ1) is 19.8. The zero-order valence-corrected chi connectivity index (χ0v) is 16.2. The molecule has 136 valence electrons. The van der Waals surface area contributed by atoms with E-state index >= 15 is 0 Å². The number of hydrogen-bond acceptors (Lipinski definition) is 4. The minimum atomic E-state index is 0. The first-order valence-corrected chi connectivity index (χ1v) is 9.19. The molecule has 0 saturated heterocycles. The van der Waals surface area contributed by atoms with E-state index in [-0.39, 0.29) is 24.4 Å². The monoisotopic (exact) mass is 380 g/mol. The van der Waals surface area contributed by atoms with Gasteiger partial charge in [-0.2, -0.15) is 0 Å². The van der Waals surface area contributed by atoms with Crippen molar-refractivity contribution in [3.63, 3.8) is 0 Å². The largest absolute Gasteiger partial charge is 0.497 e. The molecule has 1 heterocycles. The predicted octanol–water partition coefficient (Wildman–Crippen LogP) is 4.01. The van der Waals surface area contributed by atoms with E-state index in [0.717, 1.165) is 45.9 Å². The molecule has 2 aromatic rings. The number of carbonyl (C=O) groups excluding carboxylic acids is 1. The molecule has 0 bridgehead atoms. The van der Waals surface area contributed by atoms with Gasteiger partial charge in [-0.1, -0.05) is 18.6 Å². The van der Waals surface area contributed by atoms with E-state index in [4.69, 9.17) is 10.5 Å². The van der Waals surface area contributed by atoms with E-state index < -0.39 is 0 Å². The second kappa shape index (κ2) is 8.70. The zero-order valence-electron chi connectivity index (χ0n) is 14.6. The second-order valence-corrected chi connectivity index (χ2v) is 7.57. The van der Waals surface area contributed by atoms with Gasteiger partial charge in [-0.05, 0) is 61.6 Å². The molecule has 0 aliphatic heterocycles. The molecule has 1 amide bonds. The van der Waals surface area contributed by atoms with Crippen molar-refractivity contribution in [3.05, 3.63) is 40.1 Å². The van der Waals surface area contributed by atoms with Crippen LogP contribution in [-0.4, -0.2) is 25.6 Å². The van der Waals surface area contributed by atoms with Crippen molar-refractivity contribution in [3.8, 4) is 16.9 Å². The summed E-state index contributed by atoms with van der Waals surface area (Å²) in [6.45, 7) is 2.70. The Bertz CT molecular complexity index is 715. The highest BCUT2D eigenvalue weighted by Gasteiger charge is 2.28. The number of ether oxygens (including phenoxy) is 1. The quantitative estimate of drug-likeness (QED) is 0.823. The van der Waals surface area contributed by atoms with E-state index in [9.17, 15) is 4.79 Å². The fourth-order valence-corrected chi connectivity index (χ4v) is 4.34. The van der Waals surface area contributed by atoms with Gasteiger partial charge >= 0.3 is 0 Å². The third kappa shape index (κ3) is 4.35. The molecule has 2 atom stereocenters. The van der Waals surface area contributed by atoms with Gasteiger partial charge in [0.25, 0.3) is 5.91 Å². The first-order valence-electron chi connectivity index (χ1n) is 8.38. The number of aryl methyl sites for hydroxylation is 1. The summed E-state index contributed by atoms with van der Waals surface area (Å²) < 4.78 is 5.20. The van der Waals surface area contributed by atoms with Crippen LogP contribution in [0.4, 0.5) is 0 Å². The fraction of sp³-hybridized carbons (Fsp3) is 0.421. The van der Waals surface area contributed by atoms with Gasteiger partial charge in [-0.25, -0.2) is 0 Å². The summed E-state index contributed by atoms with van der Waals surface area (Å²) in [7, 11) is 1.66. The number of amides is 1. The lowest BCUT2D eigenvalue weighted by atomic mass is 10.0. The Kier molecular flexibility index (Phi) is 6.87. The molecule has 25 heavy (non-hydrogen) atoms. The third-order valence-electron chi connectivity index (χ3n) is 4.82. The van der Waals surface area contributed by atoms with Crippen LogP contribution in [0, 0.1) is 12.8 Å². The molecular weight excluding hydrogens is 356 g/mol. The highest BCUT2D eigenvalue weighted by atomic mass is 35.5. The maximum Gasteiger partial charge on any atom is 0.261 e. The Morgan fingerprint density at radius 3 is 2.68 bits per heavy atom. The summed E-state index contributed by atoms with van der Waals surface area (Å²) in [6.07, 6.45) is 3.29. The number of nitrogens with one attached hydrogen (secondary N) is 1. The van der Waals surface area contributed by atoms with Gasteiger partial charge in [0.1, 0.15) is 5.75 Å². The molecule has 1 aromatic carbocycles. The summed E-state index contributed by atoms with van der Waals surface area (Å²) in [5, 5.41) is 3.18. The topological polar surface area (TPSA) is 64.3 Å². The number of thiophene rings is 1. The SMILES string of the molecule is COc1ccc(-c2cc(C(=O)NC3CCCC3CN)sc2C)cc1.Cl. The molecule has 1 aliphatic rings. The molecule has 1 saturated carbocycles. The third-order valence-corrected chi connectivity index (χ3v) is 5.87. The zero-order chi connectivity index (χ0) is 17.1. The number of nitrogens with two attached hydrogens (primary N) is 1. The van der Waals surface area contributed by atoms with Gasteiger partial charge in [0.2, 0.25) is 0 Å². The molecule has 2 unspecified atom stereocenters. The lowest BCUT2D eigenvalue weighted by Crippen LogP contribution is -2.39. The van der Waals surface area contributed by atoms with E-state index in [1.165, 1.54) is 0 Å². The smallest absolute Gasteiger partial charge is 0.261 e. The number of carbonyl (C=O) groups is 1. The summed E-state index contributed by atoms with van der Waals surface area (Å²) in [5.41, 5.74) is 8.01. The van der Waals surface area contributed by atoms with Crippen LogP contribution >= 0.6 is 23.7 Å². The molecule has 4 nitrogen and oxygen atoms in total. The van der Waals surface area contributed by atoms with Crippen molar-refractivity contribution in [2.45, 2.75) is 32.2 Å². The van der Waals surface area contributed by atoms with E-state index in [1.807, 2.05) is 30.3 Å². The van der Waals surface area contributed by atoms with Crippen LogP contribution in [0.5, 0.6) is 5.75 Å². The second-order valence-electron chi connectivity index (χ2n) is 6.32. The van der Waals surface area contributed by atoms with Gasteiger partial charge in [0.15, 0.2) is 0 Å². The molecule has 0 radical (unpaired) electrons. The number of rotatable bonds is 5. The Morgan fingerprint density at radius 1 is 1.32 bits per heavy atom. The lowest BCUT2D eigenvalue weighted by molar-refractivity contribution is 0.0933. The van der Waals surface area contributed by atoms with E-state index in [2.05, 4.69) is 12.2 Å². The van der Waals surface area contributed by atoms with Crippen LogP contribution in [0.15, 0.2) is 30.3 Å². The van der Waals surface area contributed by atoms with Crippen molar-refractivity contribution in [2.75, 3.05) is 13.7 Å². The Balaban J connectivity index is 0.00000225. The minimum Gasteiger partial charge on any atom is -0.497 e. The van der Waals surface area contributed by atoms with Crippen LogP contribution in [0.3, 0.4) is 0 Å². The van der Waals surface area contributed by atoms with Crippen LogP contribution in [0.2, 0.25) is 0 Å². The lowest BCUT2D eigenvalue weighted by Gasteiger charge is -2.18. The summed E-state index contributed by atoms with van der Waals surface area (Å²) >= 11 is 1.54. The minimum absolute atomic E-state index is 0. The van der Waals surface area contributed by atoms with Gasteiger partial charge in [-0.3, -0.25) is 4.79 Å². The van der Waals surface area contributed by atoms with Crippen LogP contribution in [0.1, 0.15) is 33.8 Å². The standard InChI is InChI=1S/C19H24N2O2S.ClH/c1-12-16(13-6-8-15(23-2)9-7-13)10-18(24-12)19(22)21-17-5-3-4-14(17)11-20;/h6-10,14,17H,3-5,11,20H2,1-2H3,(H,21,22);1H. The van der Waals surface area contributed by atoms with Crippen molar-refractivity contribution < 1.29 is 9.53 Å². The number of methoxy groups -OCH3 is 1. The predicted molar refractivity (Wildman–Crippen MR) is 106 cm³/mol. The Morgan fingerprint density at radius 2 is 2.04 bits per heavy atom. The van der Waals surface area contributed by atoms with E-state index in [1.54, 1.807) is 18.4 Å². The molecule has 6 heteroatoms. The number of hydrogen-bond donors (Lipinski definition) is 2. The molecular formula is C19H25ClN2O2S. The van der Waals surface area contributed by atoms with E-state index in [0.29, 0.717) is 12.5 Å². The van der Waals surface area contributed by atoms with Gasteiger partial charge < -0.3 is 15.8 Å².